The molecule has 154 valence electrons. The summed E-state index contributed by atoms with van der Waals surface area (Å²) in [5, 5.41) is 0. The maximum absolute atomic E-state index is 12.9. The van der Waals surface area contributed by atoms with Crippen molar-refractivity contribution in [3.8, 4) is 11.4 Å². The number of nitrogens with one attached hydrogen (secondary N) is 1. The number of carbonyl (C=O) groups excluding carboxylic acids is 2. The van der Waals surface area contributed by atoms with E-state index in [4.69, 9.17) is 4.74 Å². The number of ether oxygens (including phenoxy) is 1. The van der Waals surface area contributed by atoms with E-state index in [1.807, 2.05) is 60.7 Å². The number of aromatic amines is 1. The first-order valence-electron chi connectivity index (χ1n) is 10.3. The summed E-state index contributed by atoms with van der Waals surface area (Å²) in [5.74, 6) is -0.179. The largest absolute Gasteiger partial charge is 0.452 e. The number of aryl methyl sites for hydroxylation is 1. The van der Waals surface area contributed by atoms with Crippen LogP contribution in [0.15, 0.2) is 72.8 Å². The van der Waals surface area contributed by atoms with Gasteiger partial charge >= 0.3 is 5.97 Å². The molecular weight excluding hydrogens is 390 g/mol. The summed E-state index contributed by atoms with van der Waals surface area (Å²) in [4.78, 5) is 35.2. The van der Waals surface area contributed by atoms with Crippen LogP contribution < -0.4 is 4.90 Å². The lowest BCUT2D eigenvalue weighted by molar-refractivity contribution is -0.121. The summed E-state index contributed by atoms with van der Waals surface area (Å²) in [6.45, 7) is 0.324. The second-order valence-electron chi connectivity index (χ2n) is 7.50. The number of amides is 1. The first kappa shape index (κ1) is 19.1. The van der Waals surface area contributed by atoms with Gasteiger partial charge in [-0.1, -0.05) is 48.5 Å². The first-order chi connectivity index (χ1) is 15.2. The highest BCUT2D eigenvalue weighted by molar-refractivity contribution is 6.00. The lowest BCUT2D eigenvalue weighted by atomic mass is 10.0. The maximum Gasteiger partial charge on any atom is 0.339 e. The minimum absolute atomic E-state index is 0.221. The number of imidazole rings is 1. The van der Waals surface area contributed by atoms with Gasteiger partial charge in [0.25, 0.3) is 5.91 Å². The molecule has 1 aliphatic heterocycles. The molecule has 0 bridgehead atoms. The third kappa shape index (κ3) is 3.68. The van der Waals surface area contributed by atoms with Gasteiger partial charge in [0.2, 0.25) is 0 Å². The maximum atomic E-state index is 12.9. The molecule has 0 saturated carbocycles. The summed E-state index contributed by atoms with van der Waals surface area (Å²) >= 11 is 0. The van der Waals surface area contributed by atoms with Gasteiger partial charge in [0, 0.05) is 17.8 Å². The van der Waals surface area contributed by atoms with Crippen LogP contribution in [-0.4, -0.2) is 35.0 Å². The van der Waals surface area contributed by atoms with Crippen molar-refractivity contribution >= 4 is 28.6 Å². The van der Waals surface area contributed by atoms with Crippen molar-refractivity contribution in [3.05, 3.63) is 83.9 Å². The van der Waals surface area contributed by atoms with E-state index in [2.05, 4.69) is 9.97 Å². The zero-order chi connectivity index (χ0) is 21.2. The molecule has 0 unspecified atom stereocenters. The Morgan fingerprint density at radius 1 is 0.968 bits per heavy atom. The predicted octanol–water partition coefficient (Wildman–Crippen LogP) is 4.37. The number of H-pyrrole nitrogens is 1. The van der Waals surface area contributed by atoms with Gasteiger partial charge in [-0.2, -0.15) is 0 Å². The Kier molecular flexibility index (Phi) is 4.96. The van der Waals surface area contributed by atoms with Crippen molar-refractivity contribution < 1.29 is 14.3 Å². The molecule has 31 heavy (non-hydrogen) atoms. The average Bonchev–Trinajstić information content (AvgIpc) is 3.26. The molecule has 3 aromatic carbocycles. The van der Waals surface area contributed by atoms with Crippen LogP contribution in [0.4, 0.5) is 5.69 Å². The Bertz CT molecular complexity index is 1240. The van der Waals surface area contributed by atoms with Crippen LogP contribution in [0.25, 0.3) is 22.4 Å². The number of fused-ring (bicyclic) bond motifs is 2. The van der Waals surface area contributed by atoms with Gasteiger partial charge in [-0.25, -0.2) is 9.78 Å². The number of nitrogens with zero attached hydrogens (tertiary/aromatic N) is 2. The smallest absolute Gasteiger partial charge is 0.339 e. The zero-order valence-electron chi connectivity index (χ0n) is 16.9. The highest BCUT2D eigenvalue weighted by Crippen LogP contribution is 2.27. The van der Waals surface area contributed by atoms with Gasteiger partial charge in [-0.15, -0.1) is 0 Å². The summed E-state index contributed by atoms with van der Waals surface area (Å²) in [6, 6.07) is 22.7. The third-order valence-corrected chi connectivity index (χ3v) is 5.53. The summed E-state index contributed by atoms with van der Waals surface area (Å²) < 4.78 is 5.42. The van der Waals surface area contributed by atoms with Gasteiger partial charge in [-0.05, 0) is 42.7 Å². The first-order valence-corrected chi connectivity index (χ1v) is 10.3. The number of esters is 1. The van der Waals surface area contributed by atoms with Gasteiger partial charge in [0.15, 0.2) is 6.61 Å². The van der Waals surface area contributed by atoms with Gasteiger partial charge in [-0.3, -0.25) is 4.79 Å². The highest BCUT2D eigenvalue weighted by Gasteiger charge is 2.24. The van der Waals surface area contributed by atoms with Crippen molar-refractivity contribution in [2.75, 3.05) is 18.1 Å². The normalized spacial score (nSPS) is 13.1. The van der Waals surface area contributed by atoms with E-state index >= 15 is 0 Å². The second-order valence-corrected chi connectivity index (χ2v) is 7.50. The minimum Gasteiger partial charge on any atom is -0.452 e. The van der Waals surface area contributed by atoms with E-state index in [0.717, 1.165) is 35.1 Å². The van der Waals surface area contributed by atoms with E-state index in [1.54, 1.807) is 17.0 Å². The Hall–Kier alpha value is -3.93. The Balaban J connectivity index is 1.34. The fourth-order valence-electron chi connectivity index (χ4n) is 4.02. The quantitative estimate of drug-likeness (QED) is 0.506. The Morgan fingerprint density at radius 3 is 2.65 bits per heavy atom. The number of benzene rings is 3. The molecule has 0 fully saturated rings. The molecule has 0 atom stereocenters. The lowest BCUT2D eigenvalue weighted by Gasteiger charge is -2.29. The summed E-state index contributed by atoms with van der Waals surface area (Å²) in [7, 11) is 0. The molecule has 2 heterocycles. The van der Waals surface area contributed by atoms with Crippen LogP contribution in [0.3, 0.4) is 0 Å². The average molecular weight is 411 g/mol. The van der Waals surface area contributed by atoms with Crippen molar-refractivity contribution in [1.29, 1.82) is 0 Å². The van der Waals surface area contributed by atoms with E-state index in [0.29, 0.717) is 23.5 Å². The molecule has 1 aromatic heterocycles. The molecule has 4 aromatic rings. The van der Waals surface area contributed by atoms with Crippen LogP contribution in [0, 0.1) is 0 Å². The summed E-state index contributed by atoms with van der Waals surface area (Å²) in [6.07, 6.45) is 1.84. The van der Waals surface area contributed by atoms with Crippen molar-refractivity contribution in [2.24, 2.45) is 0 Å². The Labute approximate surface area is 179 Å². The van der Waals surface area contributed by atoms with Crippen LogP contribution in [0.2, 0.25) is 0 Å². The van der Waals surface area contributed by atoms with E-state index in [1.165, 1.54) is 0 Å². The molecular formula is C25H21N3O3. The molecule has 1 aliphatic rings. The van der Waals surface area contributed by atoms with Gasteiger partial charge < -0.3 is 14.6 Å². The monoisotopic (exact) mass is 411 g/mol. The molecule has 0 spiro atoms. The number of rotatable bonds is 4. The predicted molar refractivity (Wildman–Crippen MR) is 119 cm³/mol. The molecule has 1 N–H and O–H groups in total. The van der Waals surface area contributed by atoms with E-state index < -0.39 is 5.97 Å². The van der Waals surface area contributed by atoms with E-state index in [9.17, 15) is 9.59 Å². The lowest BCUT2D eigenvalue weighted by Crippen LogP contribution is -2.38. The number of para-hydroxylation sites is 3. The number of anilines is 1. The molecule has 6 nitrogen and oxygen atoms in total. The fraction of sp³-hybridized carbons (Fsp3) is 0.160. The van der Waals surface area contributed by atoms with Crippen LogP contribution in [0.5, 0.6) is 0 Å². The van der Waals surface area contributed by atoms with Gasteiger partial charge in [0.1, 0.15) is 5.82 Å². The zero-order valence-corrected chi connectivity index (χ0v) is 16.9. The van der Waals surface area contributed by atoms with Crippen molar-refractivity contribution in [3.63, 3.8) is 0 Å². The molecule has 1 amide bonds. The topological polar surface area (TPSA) is 75.3 Å². The molecule has 6 heteroatoms. The molecule has 5 rings (SSSR count). The highest BCUT2D eigenvalue weighted by atomic mass is 16.5. The van der Waals surface area contributed by atoms with E-state index in [-0.39, 0.29) is 12.5 Å². The van der Waals surface area contributed by atoms with Crippen LogP contribution in [0.1, 0.15) is 22.3 Å². The number of hydrogen-bond acceptors (Lipinski definition) is 4. The summed E-state index contributed by atoms with van der Waals surface area (Å²) in [5.41, 5.74) is 4.76. The standard InChI is InChI=1S/C25H21N3O3/c29-23(28-15-7-9-17-8-1-6-14-22(17)28)16-31-25(30)19-11-3-2-10-18(19)24-26-20-12-4-5-13-21(20)27-24/h1-6,8,10-14H,7,9,15-16H2,(H,26,27). The molecule has 0 radical (unpaired) electrons. The second kappa shape index (κ2) is 8.07. The van der Waals surface area contributed by atoms with Gasteiger partial charge in [0.05, 0.1) is 16.6 Å². The fourth-order valence-corrected chi connectivity index (χ4v) is 4.02. The molecule has 0 saturated heterocycles. The number of hydrogen-bond donors (Lipinski definition) is 1. The van der Waals surface area contributed by atoms with Crippen molar-refractivity contribution in [1.82, 2.24) is 9.97 Å². The molecule has 0 aliphatic carbocycles. The number of aromatic nitrogens is 2. The number of carbonyl (C=O) groups is 2. The minimum atomic E-state index is -0.547. The van der Waals surface area contributed by atoms with Crippen LogP contribution in [-0.2, 0) is 16.0 Å². The SMILES string of the molecule is O=C(OCC(=O)N1CCCc2ccccc21)c1ccccc1-c1nc2ccccc2[nH]1. The Morgan fingerprint density at radius 2 is 1.74 bits per heavy atom. The third-order valence-electron chi connectivity index (χ3n) is 5.53. The van der Waals surface area contributed by atoms with Crippen molar-refractivity contribution in [2.45, 2.75) is 12.8 Å². The van der Waals surface area contributed by atoms with Crippen LogP contribution >= 0.6 is 0 Å².